The van der Waals surface area contributed by atoms with Crippen molar-refractivity contribution in [3.8, 4) is 0 Å². The normalized spacial score (nSPS) is 11.3. The van der Waals surface area contributed by atoms with Gasteiger partial charge in [0.25, 0.3) is 0 Å². The molecule has 3 amide bonds. The van der Waals surface area contributed by atoms with Gasteiger partial charge in [-0.3, -0.25) is 9.59 Å². The molecule has 7 nitrogen and oxygen atoms in total. The van der Waals surface area contributed by atoms with Crippen molar-refractivity contribution in [3.63, 3.8) is 0 Å². The molecule has 0 aliphatic rings. The zero-order valence-corrected chi connectivity index (χ0v) is 15.2. The Morgan fingerprint density at radius 3 is 2.54 bits per heavy atom. The lowest BCUT2D eigenvalue weighted by atomic mass is 10.1. The molecule has 8 heteroatoms. The molecule has 1 heterocycles. The fourth-order valence-corrected chi connectivity index (χ4v) is 2.99. The highest BCUT2D eigenvalue weighted by Crippen LogP contribution is 2.22. The number of urea groups is 1. The van der Waals surface area contributed by atoms with Gasteiger partial charge >= 0.3 is 12.0 Å². The number of nitrogens with one attached hydrogen (secondary N) is 3. The standard InChI is InChI=1S/C18H21N3O4S/c1-25-17(23)12-14(15-8-5-11-26-15)21-16(22)9-10-19-18(24)20-13-6-3-2-4-7-13/h2-8,11,14H,9-10,12H2,1H3,(H,21,22)(H2,19,20,24)/t14-/m1/s1. The topological polar surface area (TPSA) is 96.5 Å². The quantitative estimate of drug-likeness (QED) is 0.618. The van der Waals surface area contributed by atoms with Crippen LogP contribution in [-0.2, 0) is 14.3 Å². The van der Waals surface area contributed by atoms with E-state index in [1.54, 1.807) is 12.1 Å². The number of carbonyl (C=O) groups excluding carboxylic acids is 3. The van der Waals surface area contributed by atoms with Crippen molar-refractivity contribution in [2.24, 2.45) is 0 Å². The first-order chi connectivity index (χ1) is 12.6. The van der Waals surface area contributed by atoms with E-state index in [2.05, 4.69) is 20.7 Å². The molecular weight excluding hydrogens is 354 g/mol. The molecule has 0 bridgehead atoms. The second-order valence-electron chi connectivity index (χ2n) is 5.41. The van der Waals surface area contributed by atoms with Gasteiger partial charge in [-0.1, -0.05) is 24.3 Å². The minimum Gasteiger partial charge on any atom is -0.469 e. The monoisotopic (exact) mass is 375 g/mol. The number of rotatable bonds is 8. The number of hydrogen-bond acceptors (Lipinski definition) is 5. The third-order valence-electron chi connectivity index (χ3n) is 3.49. The summed E-state index contributed by atoms with van der Waals surface area (Å²) in [6.45, 7) is 0.180. The van der Waals surface area contributed by atoms with Crippen LogP contribution < -0.4 is 16.0 Å². The lowest BCUT2D eigenvalue weighted by Crippen LogP contribution is -2.35. The Bertz CT molecular complexity index is 719. The first-order valence-corrected chi connectivity index (χ1v) is 8.96. The molecular formula is C18H21N3O4S. The summed E-state index contributed by atoms with van der Waals surface area (Å²) in [6.07, 6.45) is 0.163. The number of thiophene rings is 1. The minimum atomic E-state index is -0.437. The first kappa shape index (κ1) is 19.5. The van der Waals surface area contributed by atoms with Gasteiger partial charge in [-0.2, -0.15) is 0 Å². The number of hydrogen-bond donors (Lipinski definition) is 3. The molecule has 0 unspecified atom stereocenters. The maximum absolute atomic E-state index is 12.1. The number of anilines is 1. The predicted octanol–water partition coefficient (Wildman–Crippen LogP) is 2.68. The summed E-state index contributed by atoms with van der Waals surface area (Å²) >= 11 is 1.45. The third-order valence-corrected chi connectivity index (χ3v) is 4.48. The molecule has 0 aliphatic heterocycles. The third kappa shape index (κ3) is 6.56. The molecule has 0 saturated heterocycles. The van der Waals surface area contributed by atoms with Crippen LogP contribution in [0.2, 0.25) is 0 Å². The summed E-state index contributed by atoms with van der Waals surface area (Å²) in [5.41, 5.74) is 0.672. The van der Waals surface area contributed by atoms with Gasteiger partial charge in [-0.05, 0) is 23.6 Å². The van der Waals surface area contributed by atoms with Crippen LogP contribution >= 0.6 is 11.3 Å². The van der Waals surface area contributed by atoms with Crippen molar-refractivity contribution in [3.05, 3.63) is 52.7 Å². The Morgan fingerprint density at radius 2 is 1.88 bits per heavy atom. The molecule has 2 rings (SSSR count). The molecule has 138 valence electrons. The van der Waals surface area contributed by atoms with Crippen LogP contribution in [0.5, 0.6) is 0 Å². The predicted molar refractivity (Wildman–Crippen MR) is 99.9 cm³/mol. The fraction of sp³-hybridized carbons (Fsp3) is 0.278. The van der Waals surface area contributed by atoms with E-state index >= 15 is 0 Å². The molecule has 0 fully saturated rings. The number of carbonyl (C=O) groups is 3. The average molecular weight is 375 g/mol. The second kappa shape index (κ2) is 10.2. The summed E-state index contributed by atoms with van der Waals surface area (Å²) < 4.78 is 4.68. The van der Waals surface area contributed by atoms with Crippen LogP contribution in [0.3, 0.4) is 0 Å². The summed E-state index contributed by atoms with van der Waals surface area (Å²) in [6, 6.07) is 11.9. The largest absolute Gasteiger partial charge is 0.469 e. The van der Waals surface area contributed by atoms with E-state index in [1.165, 1.54) is 18.4 Å². The summed E-state index contributed by atoms with van der Waals surface area (Å²) in [4.78, 5) is 36.3. The van der Waals surface area contributed by atoms with Gasteiger partial charge in [-0.15, -0.1) is 11.3 Å². The fourth-order valence-electron chi connectivity index (χ4n) is 2.22. The van der Waals surface area contributed by atoms with Crippen molar-refractivity contribution in [1.82, 2.24) is 10.6 Å². The Hall–Kier alpha value is -2.87. The van der Waals surface area contributed by atoms with Crippen LogP contribution in [0.4, 0.5) is 10.5 Å². The number of ether oxygens (including phenoxy) is 1. The number of methoxy groups -OCH3 is 1. The first-order valence-electron chi connectivity index (χ1n) is 8.08. The summed E-state index contributed by atoms with van der Waals surface area (Å²) in [7, 11) is 1.31. The van der Waals surface area contributed by atoms with E-state index in [4.69, 9.17) is 0 Å². The minimum absolute atomic E-state index is 0.0602. The number of benzene rings is 1. The molecule has 0 aliphatic carbocycles. The lowest BCUT2D eigenvalue weighted by Gasteiger charge is -2.16. The van der Waals surface area contributed by atoms with Gasteiger partial charge in [-0.25, -0.2) is 4.79 Å². The van der Waals surface area contributed by atoms with Crippen LogP contribution in [-0.4, -0.2) is 31.6 Å². The second-order valence-corrected chi connectivity index (χ2v) is 6.39. The average Bonchev–Trinajstić information content (AvgIpc) is 3.16. The van der Waals surface area contributed by atoms with Gasteiger partial charge in [0, 0.05) is 23.5 Å². The van der Waals surface area contributed by atoms with E-state index in [1.807, 2.05) is 35.7 Å². The zero-order valence-electron chi connectivity index (χ0n) is 14.4. The highest BCUT2D eigenvalue weighted by Gasteiger charge is 2.19. The smallest absolute Gasteiger partial charge is 0.319 e. The zero-order chi connectivity index (χ0) is 18.8. The van der Waals surface area contributed by atoms with Crippen molar-refractivity contribution < 1.29 is 19.1 Å². The van der Waals surface area contributed by atoms with Crippen molar-refractivity contribution in [2.45, 2.75) is 18.9 Å². The van der Waals surface area contributed by atoms with Gasteiger partial charge in [0.2, 0.25) is 5.91 Å². The molecule has 0 spiro atoms. The van der Waals surface area contributed by atoms with Gasteiger partial charge in [0.05, 0.1) is 19.6 Å². The molecule has 1 aromatic carbocycles. The molecule has 1 aromatic heterocycles. The van der Waals surface area contributed by atoms with Crippen molar-refractivity contribution >= 4 is 34.9 Å². The van der Waals surface area contributed by atoms with Gasteiger partial charge in [0.15, 0.2) is 0 Å². The summed E-state index contributed by atoms with van der Waals surface area (Å²) in [5.74, 6) is -0.656. The molecule has 0 saturated carbocycles. The highest BCUT2D eigenvalue weighted by molar-refractivity contribution is 7.10. The number of esters is 1. The number of amides is 3. The van der Waals surface area contributed by atoms with Gasteiger partial charge in [0.1, 0.15) is 0 Å². The molecule has 26 heavy (non-hydrogen) atoms. The van der Waals surface area contributed by atoms with E-state index in [9.17, 15) is 14.4 Å². The molecule has 2 aromatic rings. The molecule has 1 atom stereocenters. The van der Waals surface area contributed by atoms with Crippen LogP contribution in [0.15, 0.2) is 47.8 Å². The number of para-hydroxylation sites is 1. The van der Waals surface area contributed by atoms with E-state index in [0.29, 0.717) is 5.69 Å². The van der Waals surface area contributed by atoms with Crippen molar-refractivity contribution in [2.75, 3.05) is 19.0 Å². The van der Waals surface area contributed by atoms with Crippen LogP contribution in [0.25, 0.3) is 0 Å². The highest BCUT2D eigenvalue weighted by atomic mass is 32.1. The Kier molecular flexibility index (Phi) is 7.63. The maximum atomic E-state index is 12.1. The van der Waals surface area contributed by atoms with E-state index in [-0.39, 0.29) is 31.3 Å². The van der Waals surface area contributed by atoms with Gasteiger partial charge < -0.3 is 20.7 Å². The van der Waals surface area contributed by atoms with Crippen molar-refractivity contribution in [1.29, 1.82) is 0 Å². The Balaban J connectivity index is 1.77. The maximum Gasteiger partial charge on any atom is 0.319 e. The molecule has 3 N–H and O–H groups in total. The van der Waals surface area contributed by atoms with E-state index < -0.39 is 12.0 Å². The molecule has 0 radical (unpaired) electrons. The van der Waals surface area contributed by atoms with Crippen LogP contribution in [0.1, 0.15) is 23.8 Å². The van der Waals surface area contributed by atoms with E-state index in [0.717, 1.165) is 4.88 Å². The SMILES string of the molecule is COC(=O)C[C@@H](NC(=O)CCNC(=O)Nc1ccccc1)c1cccs1. The van der Waals surface area contributed by atoms with Crippen LogP contribution in [0, 0.1) is 0 Å². The lowest BCUT2D eigenvalue weighted by molar-refractivity contribution is -0.141. The Labute approximate surface area is 155 Å². The Morgan fingerprint density at radius 1 is 1.12 bits per heavy atom. The summed E-state index contributed by atoms with van der Waals surface area (Å²) in [5, 5.41) is 9.98.